The van der Waals surface area contributed by atoms with E-state index in [2.05, 4.69) is 46.3 Å². The zero-order chi connectivity index (χ0) is 20.6. The van der Waals surface area contributed by atoms with E-state index < -0.39 is 0 Å². The van der Waals surface area contributed by atoms with E-state index in [4.69, 9.17) is 4.98 Å². The van der Waals surface area contributed by atoms with E-state index in [1.165, 1.54) is 0 Å². The number of hydrogen-bond acceptors (Lipinski definition) is 7. The van der Waals surface area contributed by atoms with Crippen molar-refractivity contribution in [3.05, 3.63) is 36.4 Å². The van der Waals surface area contributed by atoms with Gasteiger partial charge in [0.25, 0.3) is 0 Å². The number of rotatable bonds is 9. The van der Waals surface area contributed by atoms with Crippen molar-refractivity contribution in [1.82, 2.24) is 19.8 Å². The average molecular weight is 399 g/mol. The summed E-state index contributed by atoms with van der Waals surface area (Å²) in [5.41, 5.74) is 1.91. The molecule has 3 rings (SSSR count). The van der Waals surface area contributed by atoms with Crippen LogP contribution >= 0.6 is 0 Å². The van der Waals surface area contributed by atoms with Crippen LogP contribution in [0.2, 0.25) is 0 Å². The molecule has 0 radical (unpaired) electrons. The first-order valence-electron chi connectivity index (χ1n) is 10.5. The molecule has 1 aromatic carbocycles. The molecule has 0 spiro atoms. The molecule has 0 aliphatic carbocycles. The SMILES string of the molecule is CC(C)[C@H](CO)Nc1nc(NCCN2CCN(C)CC2)cc(-c2ccccc2)n1. The Morgan fingerprint density at radius 3 is 2.45 bits per heavy atom. The van der Waals surface area contributed by atoms with Crippen LogP contribution in [0.1, 0.15) is 13.8 Å². The van der Waals surface area contributed by atoms with E-state index in [9.17, 15) is 5.11 Å². The highest BCUT2D eigenvalue weighted by molar-refractivity contribution is 5.64. The molecule has 1 fully saturated rings. The maximum atomic E-state index is 9.68. The molecule has 2 heterocycles. The largest absolute Gasteiger partial charge is 0.394 e. The lowest BCUT2D eigenvalue weighted by atomic mass is 10.1. The zero-order valence-electron chi connectivity index (χ0n) is 17.8. The van der Waals surface area contributed by atoms with Gasteiger partial charge in [-0.15, -0.1) is 0 Å². The molecule has 1 aliphatic heterocycles. The zero-order valence-corrected chi connectivity index (χ0v) is 17.8. The third-order valence-electron chi connectivity index (χ3n) is 5.44. The molecule has 1 aliphatic rings. The molecule has 29 heavy (non-hydrogen) atoms. The molecule has 0 saturated carbocycles. The summed E-state index contributed by atoms with van der Waals surface area (Å²) in [4.78, 5) is 14.2. The van der Waals surface area contributed by atoms with Crippen molar-refractivity contribution in [3.63, 3.8) is 0 Å². The van der Waals surface area contributed by atoms with Crippen LogP contribution in [0.15, 0.2) is 36.4 Å². The van der Waals surface area contributed by atoms with Crippen LogP contribution in [0.3, 0.4) is 0 Å². The van der Waals surface area contributed by atoms with E-state index in [1.807, 2.05) is 36.4 Å². The first kappa shape index (κ1) is 21.5. The summed E-state index contributed by atoms with van der Waals surface area (Å²) in [5.74, 6) is 1.62. The number of nitrogens with zero attached hydrogens (tertiary/aromatic N) is 4. The van der Waals surface area contributed by atoms with Gasteiger partial charge in [0.1, 0.15) is 5.82 Å². The Labute approximate surface area is 174 Å². The standard InChI is InChI=1S/C22H34N6O/c1-17(2)20(16-29)25-22-24-19(18-7-5-4-6-8-18)15-21(26-22)23-9-10-28-13-11-27(3)12-14-28/h4-8,15,17,20,29H,9-14,16H2,1-3H3,(H2,23,24,25,26)/t20-/m0/s1. The van der Waals surface area contributed by atoms with Crippen LogP contribution in [0.4, 0.5) is 11.8 Å². The van der Waals surface area contributed by atoms with Gasteiger partial charge < -0.3 is 20.6 Å². The molecule has 1 saturated heterocycles. The van der Waals surface area contributed by atoms with Crippen LogP contribution in [0, 0.1) is 5.92 Å². The van der Waals surface area contributed by atoms with Gasteiger partial charge in [0.2, 0.25) is 5.95 Å². The molecule has 2 aromatic rings. The van der Waals surface area contributed by atoms with Gasteiger partial charge in [0.05, 0.1) is 18.3 Å². The van der Waals surface area contributed by atoms with Crippen molar-refractivity contribution in [2.75, 3.05) is 63.6 Å². The number of aromatic nitrogens is 2. The average Bonchev–Trinajstić information content (AvgIpc) is 2.74. The van der Waals surface area contributed by atoms with Crippen LogP contribution in [0.5, 0.6) is 0 Å². The minimum absolute atomic E-state index is 0.0444. The van der Waals surface area contributed by atoms with Crippen LogP contribution in [-0.4, -0.2) is 83.8 Å². The highest BCUT2D eigenvalue weighted by atomic mass is 16.3. The third-order valence-corrected chi connectivity index (χ3v) is 5.44. The van der Waals surface area contributed by atoms with Gasteiger partial charge in [0, 0.05) is 50.9 Å². The number of benzene rings is 1. The highest BCUT2D eigenvalue weighted by Gasteiger charge is 2.16. The molecule has 7 heteroatoms. The lowest BCUT2D eigenvalue weighted by Crippen LogP contribution is -2.45. The number of aliphatic hydroxyl groups is 1. The van der Waals surface area contributed by atoms with Crippen molar-refractivity contribution < 1.29 is 5.11 Å². The first-order valence-corrected chi connectivity index (χ1v) is 10.5. The van der Waals surface area contributed by atoms with Gasteiger partial charge in [-0.05, 0) is 13.0 Å². The second-order valence-electron chi connectivity index (χ2n) is 8.08. The van der Waals surface area contributed by atoms with Gasteiger partial charge in [-0.3, -0.25) is 4.90 Å². The molecule has 158 valence electrons. The van der Waals surface area contributed by atoms with Crippen LogP contribution in [-0.2, 0) is 0 Å². The summed E-state index contributed by atoms with van der Waals surface area (Å²) in [6, 6.07) is 12.0. The fourth-order valence-corrected chi connectivity index (χ4v) is 3.36. The number of likely N-dealkylation sites (N-methyl/N-ethyl adjacent to an activating group) is 1. The quantitative estimate of drug-likeness (QED) is 0.598. The number of hydrogen-bond donors (Lipinski definition) is 3. The van der Waals surface area contributed by atoms with Crippen LogP contribution in [0.25, 0.3) is 11.3 Å². The van der Waals surface area contributed by atoms with E-state index in [0.717, 1.165) is 56.3 Å². The van der Waals surface area contributed by atoms with Crippen molar-refractivity contribution in [2.24, 2.45) is 5.92 Å². The summed E-state index contributed by atoms with van der Waals surface area (Å²) in [6.07, 6.45) is 0. The Morgan fingerprint density at radius 1 is 1.07 bits per heavy atom. The van der Waals surface area contributed by atoms with E-state index in [1.54, 1.807) is 0 Å². The maximum Gasteiger partial charge on any atom is 0.225 e. The second-order valence-corrected chi connectivity index (χ2v) is 8.08. The maximum absolute atomic E-state index is 9.68. The number of aliphatic hydroxyl groups excluding tert-OH is 1. The molecule has 0 unspecified atom stereocenters. The first-order chi connectivity index (χ1) is 14.0. The molecule has 3 N–H and O–H groups in total. The summed E-state index contributed by atoms with van der Waals surface area (Å²) in [7, 11) is 2.17. The van der Waals surface area contributed by atoms with Crippen molar-refractivity contribution in [3.8, 4) is 11.3 Å². The molecule has 1 atom stereocenters. The Kier molecular flexibility index (Phi) is 7.80. The van der Waals surface area contributed by atoms with Gasteiger partial charge in [-0.25, -0.2) is 4.98 Å². The lowest BCUT2D eigenvalue weighted by molar-refractivity contribution is 0.158. The minimum atomic E-state index is -0.0841. The fraction of sp³-hybridized carbons (Fsp3) is 0.545. The Hall–Kier alpha value is -2.22. The molecule has 0 bridgehead atoms. The van der Waals surface area contributed by atoms with E-state index >= 15 is 0 Å². The van der Waals surface area contributed by atoms with E-state index in [0.29, 0.717) is 5.95 Å². The predicted molar refractivity (Wildman–Crippen MR) is 119 cm³/mol. The molecule has 7 nitrogen and oxygen atoms in total. The minimum Gasteiger partial charge on any atom is -0.394 e. The summed E-state index contributed by atoms with van der Waals surface area (Å²) in [5, 5.41) is 16.4. The lowest BCUT2D eigenvalue weighted by Gasteiger charge is -2.32. The van der Waals surface area contributed by atoms with E-state index in [-0.39, 0.29) is 18.6 Å². The highest BCUT2D eigenvalue weighted by Crippen LogP contribution is 2.22. The third kappa shape index (κ3) is 6.39. The van der Waals surface area contributed by atoms with Gasteiger partial charge in [0.15, 0.2) is 0 Å². The summed E-state index contributed by atoms with van der Waals surface area (Å²) < 4.78 is 0. The summed E-state index contributed by atoms with van der Waals surface area (Å²) >= 11 is 0. The van der Waals surface area contributed by atoms with Crippen molar-refractivity contribution >= 4 is 11.8 Å². The van der Waals surface area contributed by atoms with Gasteiger partial charge >= 0.3 is 0 Å². The van der Waals surface area contributed by atoms with Crippen LogP contribution < -0.4 is 10.6 Å². The normalized spacial score (nSPS) is 16.7. The van der Waals surface area contributed by atoms with Crippen molar-refractivity contribution in [2.45, 2.75) is 19.9 Å². The molecular formula is C22H34N6O. The Morgan fingerprint density at radius 2 is 1.79 bits per heavy atom. The second kappa shape index (κ2) is 10.5. The predicted octanol–water partition coefficient (Wildman–Crippen LogP) is 2.23. The summed E-state index contributed by atoms with van der Waals surface area (Å²) in [6.45, 7) is 10.5. The number of anilines is 2. The molecule has 1 aromatic heterocycles. The molecular weight excluding hydrogens is 364 g/mol. The monoisotopic (exact) mass is 398 g/mol. The smallest absolute Gasteiger partial charge is 0.225 e. The van der Waals surface area contributed by atoms with Gasteiger partial charge in [-0.1, -0.05) is 44.2 Å². The molecule has 0 amide bonds. The number of nitrogens with one attached hydrogen (secondary N) is 2. The number of piperazine rings is 1. The Balaban J connectivity index is 1.71. The Bertz CT molecular complexity index is 746. The van der Waals surface area contributed by atoms with Crippen molar-refractivity contribution in [1.29, 1.82) is 0 Å². The fourth-order valence-electron chi connectivity index (χ4n) is 3.36. The van der Waals surface area contributed by atoms with Gasteiger partial charge in [-0.2, -0.15) is 4.98 Å². The topological polar surface area (TPSA) is 76.6 Å².